The van der Waals surface area contributed by atoms with Crippen molar-refractivity contribution >= 4 is 28.5 Å². The lowest BCUT2D eigenvalue weighted by atomic mass is 10.1. The molecule has 1 aliphatic heterocycles. The fourth-order valence-electron chi connectivity index (χ4n) is 3.66. The number of primary amides is 1. The summed E-state index contributed by atoms with van der Waals surface area (Å²) >= 11 is 0. The molecule has 3 rings (SSSR count). The van der Waals surface area contributed by atoms with E-state index in [0.717, 1.165) is 41.2 Å². The molecule has 1 amide bonds. The fraction of sp³-hybridized carbons (Fsp3) is 0.474. The third-order valence-electron chi connectivity index (χ3n) is 5.02. The third kappa shape index (κ3) is 3.83. The number of aliphatic imine (C=N–C) groups is 1. The number of nitrogens with one attached hydrogen (secondary N) is 2. The van der Waals surface area contributed by atoms with Gasteiger partial charge in [0.15, 0.2) is 0 Å². The van der Waals surface area contributed by atoms with Crippen LogP contribution >= 0.6 is 0 Å². The number of H-pyrrole nitrogens is 1. The monoisotopic (exact) mass is 356 g/mol. The molecule has 1 aromatic heterocycles. The molecule has 1 aromatic carbocycles. The first-order valence-electron chi connectivity index (χ1n) is 9.24. The number of carbonyl (C=O) groups is 1. The molecule has 0 unspecified atom stereocenters. The molecule has 2 heterocycles. The average Bonchev–Trinajstić information content (AvgIpc) is 2.81. The van der Waals surface area contributed by atoms with Gasteiger partial charge < -0.3 is 26.7 Å². The van der Waals surface area contributed by atoms with E-state index in [0.29, 0.717) is 12.0 Å². The normalized spacial score (nSPS) is 15.9. The van der Waals surface area contributed by atoms with Crippen molar-refractivity contribution in [1.29, 1.82) is 0 Å². The largest absolute Gasteiger partial charge is 0.374 e. The Kier molecular flexibility index (Phi) is 5.78. The SMILES string of the molecule is CNc1[nH]c2ccc(C(N)=O)cc2c1C/C(=N\CN)N1CCCCCC1. The van der Waals surface area contributed by atoms with Crippen molar-refractivity contribution in [2.24, 2.45) is 16.5 Å². The van der Waals surface area contributed by atoms with E-state index in [2.05, 4.69) is 20.2 Å². The van der Waals surface area contributed by atoms with Crippen molar-refractivity contribution in [3.63, 3.8) is 0 Å². The summed E-state index contributed by atoms with van der Waals surface area (Å²) in [5.41, 5.74) is 13.8. The predicted octanol–water partition coefficient (Wildman–Crippen LogP) is 2.04. The highest BCUT2D eigenvalue weighted by atomic mass is 16.1. The molecular formula is C19H28N6O. The van der Waals surface area contributed by atoms with E-state index in [1.54, 1.807) is 6.07 Å². The molecule has 0 bridgehead atoms. The number of hydrogen-bond donors (Lipinski definition) is 4. The lowest BCUT2D eigenvalue weighted by Crippen LogP contribution is -2.34. The second-order valence-electron chi connectivity index (χ2n) is 6.69. The summed E-state index contributed by atoms with van der Waals surface area (Å²) in [5.74, 6) is 1.52. The quantitative estimate of drug-likeness (QED) is 0.485. The summed E-state index contributed by atoms with van der Waals surface area (Å²) in [6, 6.07) is 5.49. The Labute approximate surface area is 153 Å². The Balaban J connectivity index is 1.99. The van der Waals surface area contributed by atoms with E-state index >= 15 is 0 Å². The van der Waals surface area contributed by atoms with Crippen molar-refractivity contribution in [1.82, 2.24) is 9.88 Å². The standard InChI is InChI=1S/C19H28N6O/c1-22-19-15(14-10-13(18(21)26)6-7-16(14)24-19)11-17(23-12-20)25-8-4-2-3-5-9-25/h6-7,10,22,24H,2-5,8-9,11-12,20H2,1H3,(H2,21,26)/b23-17+. The second kappa shape index (κ2) is 8.23. The summed E-state index contributed by atoms with van der Waals surface area (Å²) < 4.78 is 0. The molecule has 1 aliphatic rings. The van der Waals surface area contributed by atoms with Gasteiger partial charge in [-0.3, -0.25) is 9.79 Å². The molecule has 7 heteroatoms. The molecule has 6 N–H and O–H groups in total. The summed E-state index contributed by atoms with van der Waals surface area (Å²) in [6.45, 7) is 2.31. The van der Waals surface area contributed by atoms with Gasteiger partial charge in [0.2, 0.25) is 5.91 Å². The molecule has 7 nitrogen and oxygen atoms in total. The first kappa shape index (κ1) is 18.3. The van der Waals surface area contributed by atoms with Crippen LogP contribution in [0.25, 0.3) is 10.9 Å². The number of benzene rings is 1. The van der Waals surface area contributed by atoms with Crippen LogP contribution in [0.5, 0.6) is 0 Å². The second-order valence-corrected chi connectivity index (χ2v) is 6.69. The van der Waals surface area contributed by atoms with Crippen molar-refractivity contribution in [2.75, 3.05) is 32.1 Å². The van der Waals surface area contributed by atoms with Gasteiger partial charge >= 0.3 is 0 Å². The number of amides is 1. The first-order chi connectivity index (χ1) is 12.6. The topological polar surface area (TPSA) is 113 Å². The maximum absolute atomic E-state index is 11.6. The van der Waals surface area contributed by atoms with Crippen molar-refractivity contribution in [2.45, 2.75) is 32.1 Å². The molecule has 0 atom stereocenters. The van der Waals surface area contributed by atoms with Gasteiger partial charge in [-0.05, 0) is 31.0 Å². The van der Waals surface area contributed by atoms with Crippen LogP contribution in [-0.2, 0) is 6.42 Å². The lowest BCUT2D eigenvalue weighted by Gasteiger charge is -2.25. The molecule has 2 aromatic rings. The highest BCUT2D eigenvalue weighted by Gasteiger charge is 2.19. The molecule has 0 spiro atoms. The zero-order chi connectivity index (χ0) is 18.5. The van der Waals surface area contributed by atoms with Crippen LogP contribution in [0.4, 0.5) is 5.82 Å². The minimum atomic E-state index is -0.423. The fourth-order valence-corrected chi connectivity index (χ4v) is 3.66. The summed E-state index contributed by atoms with van der Waals surface area (Å²) in [5, 5.41) is 4.21. The number of nitrogens with two attached hydrogens (primary N) is 2. The number of carbonyl (C=O) groups excluding carboxylic acids is 1. The van der Waals surface area contributed by atoms with Crippen LogP contribution in [0.2, 0.25) is 0 Å². The first-order valence-corrected chi connectivity index (χ1v) is 9.24. The number of fused-ring (bicyclic) bond motifs is 1. The van der Waals surface area contributed by atoms with Crippen molar-refractivity contribution in [3.05, 3.63) is 29.3 Å². The van der Waals surface area contributed by atoms with Crippen LogP contribution in [0.3, 0.4) is 0 Å². The number of rotatable bonds is 5. The Hall–Kier alpha value is -2.54. The minimum absolute atomic E-state index is 0.273. The van der Waals surface area contributed by atoms with E-state index < -0.39 is 5.91 Å². The zero-order valence-corrected chi connectivity index (χ0v) is 15.3. The summed E-state index contributed by atoms with van der Waals surface area (Å²) in [4.78, 5) is 21.9. The summed E-state index contributed by atoms with van der Waals surface area (Å²) in [6.07, 6.45) is 5.56. The van der Waals surface area contributed by atoms with Crippen LogP contribution < -0.4 is 16.8 Å². The van der Waals surface area contributed by atoms with E-state index in [4.69, 9.17) is 11.5 Å². The number of anilines is 1. The maximum atomic E-state index is 11.6. The van der Waals surface area contributed by atoms with Crippen molar-refractivity contribution in [3.8, 4) is 0 Å². The van der Waals surface area contributed by atoms with E-state index in [1.165, 1.54) is 25.7 Å². The minimum Gasteiger partial charge on any atom is -0.374 e. The average molecular weight is 356 g/mol. The smallest absolute Gasteiger partial charge is 0.248 e. The highest BCUT2D eigenvalue weighted by Crippen LogP contribution is 2.28. The predicted molar refractivity (Wildman–Crippen MR) is 107 cm³/mol. The Morgan fingerprint density at radius 1 is 1.27 bits per heavy atom. The van der Waals surface area contributed by atoms with E-state index in [-0.39, 0.29) is 6.67 Å². The molecular weight excluding hydrogens is 328 g/mol. The van der Waals surface area contributed by atoms with Gasteiger partial charge in [-0.15, -0.1) is 0 Å². The molecule has 0 saturated carbocycles. The van der Waals surface area contributed by atoms with Crippen molar-refractivity contribution < 1.29 is 4.79 Å². The number of amidine groups is 1. The van der Waals surface area contributed by atoms with Gasteiger partial charge in [-0.2, -0.15) is 0 Å². The number of aromatic nitrogens is 1. The van der Waals surface area contributed by atoms with Crippen LogP contribution in [0, 0.1) is 0 Å². The molecule has 0 aliphatic carbocycles. The van der Waals surface area contributed by atoms with Crippen LogP contribution in [-0.4, -0.2) is 48.4 Å². The van der Waals surface area contributed by atoms with Gasteiger partial charge in [0.25, 0.3) is 0 Å². The Morgan fingerprint density at radius 2 is 2.00 bits per heavy atom. The van der Waals surface area contributed by atoms with Crippen LogP contribution in [0.15, 0.2) is 23.2 Å². The van der Waals surface area contributed by atoms with Gasteiger partial charge in [0, 0.05) is 48.6 Å². The van der Waals surface area contributed by atoms with Gasteiger partial charge in [-0.1, -0.05) is 12.8 Å². The van der Waals surface area contributed by atoms with Gasteiger partial charge in [-0.25, -0.2) is 0 Å². The number of aromatic amines is 1. The maximum Gasteiger partial charge on any atom is 0.248 e. The lowest BCUT2D eigenvalue weighted by molar-refractivity contribution is 0.100. The van der Waals surface area contributed by atoms with Crippen LogP contribution in [0.1, 0.15) is 41.6 Å². The molecule has 140 valence electrons. The van der Waals surface area contributed by atoms with E-state index in [1.807, 2.05) is 19.2 Å². The van der Waals surface area contributed by atoms with Gasteiger partial charge in [0.05, 0.1) is 6.67 Å². The number of nitrogens with zero attached hydrogens (tertiary/aromatic N) is 2. The third-order valence-corrected chi connectivity index (χ3v) is 5.02. The molecule has 26 heavy (non-hydrogen) atoms. The summed E-state index contributed by atoms with van der Waals surface area (Å²) in [7, 11) is 1.88. The zero-order valence-electron chi connectivity index (χ0n) is 15.3. The molecule has 1 fully saturated rings. The number of hydrogen-bond acceptors (Lipinski definition) is 4. The number of likely N-dealkylation sites (tertiary alicyclic amines) is 1. The van der Waals surface area contributed by atoms with E-state index in [9.17, 15) is 4.79 Å². The molecule has 0 radical (unpaired) electrons. The van der Waals surface area contributed by atoms with Gasteiger partial charge in [0.1, 0.15) is 11.7 Å². The Morgan fingerprint density at radius 3 is 2.62 bits per heavy atom. The highest BCUT2D eigenvalue weighted by molar-refractivity contribution is 6.01. The Bertz CT molecular complexity index is 802. The molecule has 1 saturated heterocycles.